The number of benzene rings is 1. The average Bonchev–Trinajstić information content (AvgIpc) is 2.85. The summed E-state index contributed by atoms with van der Waals surface area (Å²) in [6, 6.07) is 10.8. The van der Waals surface area contributed by atoms with Gasteiger partial charge in [-0.25, -0.2) is 0 Å². The molecule has 2 aromatic rings. The maximum absolute atomic E-state index is 5.47. The molecule has 1 heterocycles. The normalized spacial score (nSPS) is 12.5. The summed E-state index contributed by atoms with van der Waals surface area (Å²) in [5.41, 5.74) is 2.30. The first-order valence-electron chi connectivity index (χ1n) is 6.83. The first-order valence-corrected chi connectivity index (χ1v) is 8.44. The number of thiophene rings is 1. The third-order valence-electron chi connectivity index (χ3n) is 3.16. The molecule has 5 heteroatoms. The van der Waals surface area contributed by atoms with Crippen LogP contribution < -0.4 is 10.1 Å². The Morgan fingerprint density at radius 2 is 2.05 bits per heavy atom. The van der Waals surface area contributed by atoms with E-state index in [4.69, 9.17) is 4.74 Å². The lowest BCUT2D eigenvalue weighted by Gasteiger charge is -2.18. The number of nitrogens with zero attached hydrogens (tertiary/aromatic N) is 1. The zero-order valence-corrected chi connectivity index (χ0v) is 15.2. The van der Waals surface area contributed by atoms with Gasteiger partial charge in [-0.05, 0) is 66.8 Å². The number of halogens is 1. The second-order valence-corrected chi connectivity index (χ2v) is 7.77. The fourth-order valence-corrected chi connectivity index (χ4v) is 3.62. The van der Waals surface area contributed by atoms with Gasteiger partial charge in [0.25, 0.3) is 0 Å². The number of ether oxygens (including phenoxy) is 1. The fourth-order valence-electron chi connectivity index (χ4n) is 2.20. The highest BCUT2D eigenvalue weighted by Crippen LogP contribution is 2.33. The molecule has 1 N–H and O–H groups in total. The molecule has 1 aromatic carbocycles. The van der Waals surface area contributed by atoms with Crippen LogP contribution >= 0.6 is 27.3 Å². The van der Waals surface area contributed by atoms with Crippen molar-refractivity contribution < 1.29 is 4.74 Å². The first kappa shape index (κ1) is 16.3. The third-order valence-corrected chi connectivity index (χ3v) is 4.96. The monoisotopic (exact) mass is 368 g/mol. The van der Waals surface area contributed by atoms with Gasteiger partial charge in [0.05, 0.1) is 22.6 Å². The van der Waals surface area contributed by atoms with Crippen LogP contribution in [0.15, 0.2) is 34.1 Å². The standard InChI is InChI=1S/C16H21BrN2OS/c1-11(15-7-8-16(17)21-15)18-13-9-12(10-19(2)3)5-6-14(13)20-4/h5-9,11,18H,10H2,1-4H3. The number of methoxy groups -OCH3 is 1. The minimum atomic E-state index is 0.241. The van der Waals surface area contributed by atoms with Gasteiger partial charge < -0.3 is 15.0 Å². The van der Waals surface area contributed by atoms with Gasteiger partial charge in [-0.15, -0.1) is 11.3 Å². The van der Waals surface area contributed by atoms with Crippen LogP contribution in [0.25, 0.3) is 0 Å². The number of nitrogens with one attached hydrogen (secondary N) is 1. The first-order chi connectivity index (χ1) is 9.99. The Morgan fingerprint density at radius 1 is 1.29 bits per heavy atom. The molecule has 0 spiro atoms. The molecule has 21 heavy (non-hydrogen) atoms. The van der Waals surface area contributed by atoms with E-state index in [0.717, 1.165) is 21.8 Å². The topological polar surface area (TPSA) is 24.5 Å². The molecule has 3 nitrogen and oxygen atoms in total. The van der Waals surface area contributed by atoms with Gasteiger partial charge in [0, 0.05) is 11.4 Å². The van der Waals surface area contributed by atoms with E-state index in [1.165, 1.54) is 10.4 Å². The zero-order valence-electron chi connectivity index (χ0n) is 12.8. The van der Waals surface area contributed by atoms with E-state index in [1.54, 1.807) is 18.4 Å². The Labute approximate surface area is 139 Å². The predicted molar refractivity (Wildman–Crippen MR) is 94.4 cm³/mol. The second-order valence-electron chi connectivity index (χ2n) is 5.28. The van der Waals surface area contributed by atoms with Crippen molar-refractivity contribution in [2.45, 2.75) is 19.5 Å². The molecule has 1 aromatic heterocycles. The Hall–Kier alpha value is -1.04. The molecule has 0 radical (unpaired) electrons. The van der Waals surface area contributed by atoms with Crippen molar-refractivity contribution in [3.63, 3.8) is 0 Å². The second kappa shape index (κ2) is 7.29. The van der Waals surface area contributed by atoms with E-state index >= 15 is 0 Å². The van der Waals surface area contributed by atoms with Gasteiger partial charge in [-0.2, -0.15) is 0 Å². The van der Waals surface area contributed by atoms with E-state index in [0.29, 0.717) is 0 Å². The van der Waals surface area contributed by atoms with Crippen LogP contribution in [0.3, 0.4) is 0 Å². The minimum absolute atomic E-state index is 0.241. The summed E-state index contributed by atoms with van der Waals surface area (Å²) in [6.07, 6.45) is 0. The molecule has 0 amide bonds. The van der Waals surface area contributed by atoms with Crippen molar-refractivity contribution >= 4 is 33.0 Å². The van der Waals surface area contributed by atoms with Crippen LogP contribution in [-0.2, 0) is 6.54 Å². The van der Waals surface area contributed by atoms with Crippen LogP contribution in [0.2, 0.25) is 0 Å². The molecular weight excluding hydrogens is 348 g/mol. The van der Waals surface area contributed by atoms with Crippen LogP contribution in [-0.4, -0.2) is 26.1 Å². The molecular formula is C16H21BrN2OS. The Morgan fingerprint density at radius 3 is 2.62 bits per heavy atom. The van der Waals surface area contributed by atoms with Crippen molar-refractivity contribution in [1.82, 2.24) is 4.90 Å². The maximum Gasteiger partial charge on any atom is 0.141 e. The molecule has 0 saturated heterocycles. The van der Waals surface area contributed by atoms with E-state index in [1.807, 2.05) is 6.07 Å². The van der Waals surface area contributed by atoms with Crippen molar-refractivity contribution in [1.29, 1.82) is 0 Å². The van der Waals surface area contributed by atoms with Gasteiger partial charge in [0.2, 0.25) is 0 Å². The third kappa shape index (κ3) is 4.46. The quantitative estimate of drug-likeness (QED) is 0.795. The van der Waals surface area contributed by atoms with E-state index in [-0.39, 0.29) is 6.04 Å². The van der Waals surface area contributed by atoms with Gasteiger partial charge in [0.15, 0.2) is 0 Å². The minimum Gasteiger partial charge on any atom is -0.495 e. The molecule has 0 saturated carbocycles. The summed E-state index contributed by atoms with van der Waals surface area (Å²) < 4.78 is 6.62. The Bertz CT molecular complexity index is 598. The summed E-state index contributed by atoms with van der Waals surface area (Å²) >= 11 is 5.26. The number of hydrogen-bond acceptors (Lipinski definition) is 4. The maximum atomic E-state index is 5.47. The Kier molecular flexibility index (Phi) is 5.67. The fraction of sp³-hybridized carbons (Fsp3) is 0.375. The summed E-state index contributed by atoms with van der Waals surface area (Å²) in [4.78, 5) is 3.45. The molecule has 0 aliphatic rings. The lowest BCUT2D eigenvalue weighted by molar-refractivity contribution is 0.400. The zero-order chi connectivity index (χ0) is 15.4. The highest BCUT2D eigenvalue weighted by molar-refractivity contribution is 9.11. The molecule has 1 unspecified atom stereocenters. The highest BCUT2D eigenvalue weighted by Gasteiger charge is 2.12. The van der Waals surface area contributed by atoms with Crippen LogP contribution in [0.1, 0.15) is 23.4 Å². The molecule has 2 rings (SSSR count). The lowest BCUT2D eigenvalue weighted by atomic mass is 10.1. The molecule has 0 bridgehead atoms. The molecule has 0 aliphatic carbocycles. The summed E-state index contributed by atoms with van der Waals surface area (Å²) in [5, 5.41) is 3.55. The highest BCUT2D eigenvalue weighted by atomic mass is 79.9. The summed E-state index contributed by atoms with van der Waals surface area (Å²) in [5.74, 6) is 0.875. The van der Waals surface area contributed by atoms with Gasteiger partial charge in [-0.3, -0.25) is 0 Å². The van der Waals surface area contributed by atoms with Crippen molar-refractivity contribution in [2.75, 3.05) is 26.5 Å². The van der Waals surface area contributed by atoms with Gasteiger partial charge in [-0.1, -0.05) is 6.07 Å². The summed E-state index contributed by atoms with van der Waals surface area (Å²) in [6.45, 7) is 3.08. The lowest BCUT2D eigenvalue weighted by Crippen LogP contribution is -2.12. The molecule has 0 aliphatic heterocycles. The SMILES string of the molecule is COc1ccc(CN(C)C)cc1NC(C)c1ccc(Br)s1. The average molecular weight is 369 g/mol. The number of hydrogen-bond donors (Lipinski definition) is 1. The molecule has 1 atom stereocenters. The largest absolute Gasteiger partial charge is 0.495 e. The number of anilines is 1. The van der Waals surface area contributed by atoms with Crippen LogP contribution in [0.5, 0.6) is 5.75 Å². The van der Waals surface area contributed by atoms with E-state index in [9.17, 15) is 0 Å². The Balaban J connectivity index is 2.20. The van der Waals surface area contributed by atoms with Crippen molar-refractivity contribution in [2.24, 2.45) is 0 Å². The molecule has 0 fully saturated rings. The van der Waals surface area contributed by atoms with Crippen LogP contribution in [0.4, 0.5) is 5.69 Å². The predicted octanol–water partition coefficient (Wildman–Crippen LogP) is 4.75. The summed E-state index contributed by atoms with van der Waals surface area (Å²) in [7, 11) is 5.85. The van der Waals surface area contributed by atoms with E-state index < -0.39 is 0 Å². The van der Waals surface area contributed by atoms with E-state index in [2.05, 4.69) is 71.4 Å². The molecule has 114 valence electrons. The van der Waals surface area contributed by atoms with Crippen LogP contribution in [0, 0.1) is 0 Å². The van der Waals surface area contributed by atoms with Gasteiger partial charge >= 0.3 is 0 Å². The van der Waals surface area contributed by atoms with Gasteiger partial charge in [0.1, 0.15) is 5.75 Å². The van der Waals surface area contributed by atoms with Crippen molar-refractivity contribution in [3.05, 3.63) is 44.6 Å². The smallest absolute Gasteiger partial charge is 0.141 e. The van der Waals surface area contributed by atoms with Crippen molar-refractivity contribution in [3.8, 4) is 5.75 Å². The number of rotatable bonds is 6.